The highest BCUT2D eigenvalue weighted by Gasteiger charge is 2.24. The Morgan fingerprint density at radius 2 is 2.17 bits per heavy atom. The lowest BCUT2D eigenvalue weighted by Crippen LogP contribution is -2.30. The molecule has 2 heterocycles. The van der Waals surface area contributed by atoms with Gasteiger partial charge in [0.15, 0.2) is 5.82 Å². The number of pyridine rings is 1. The second kappa shape index (κ2) is 7.23. The summed E-state index contributed by atoms with van der Waals surface area (Å²) in [5.74, 6) is -0.669. The molecule has 0 aromatic carbocycles. The van der Waals surface area contributed by atoms with Crippen LogP contribution < -0.4 is 5.73 Å². The molecular formula is C17H21ClN4O2. The molecule has 3 N–H and O–H groups in total. The zero-order valence-corrected chi connectivity index (χ0v) is 14.7. The van der Waals surface area contributed by atoms with Crippen molar-refractivity contribution in [2.75, 3.05) is 0 Å². The van der Waals surface area contributed by atoms with Crippen molar-refractivity contribution >= 4 is 34.7 Å². The second-order valence-electron chi connectivity index (χ2n) is 6.28. The Labute approximate surface area is 146 Å². The summed E-state index contributed by atoms with van der Waals surface area (Å²) >= 11 is 6.10. The van der Waals surface area contributed by atoms with Gasteiger partial charge in [0.25, 0.3) is 0 Å². The summed E-state index contributed by atoms with van der Waals surface area (Å²) < 4.78 is 0. The van der Waals surface area contributed by atoms with Crippen molar-refractivity contribution in [3.8, 4) is 0 Å². The van der Waals surface area contributed by atoms with Crippen molar-refractivity contribution in [1.82, 2.24) is 4.98 Å². The largest absolute Gasteiger partial charge is 0.384 e. The fourth-order valence-corrected chi connectivity index (χ4v) is 2.61. The predicted molar refractivity (Wildman–Crippen MR) is 95.5 cm³/mol. The molecule has 1 atom stereocenters. The number of carbonyl (C=O) groups excluding carboxylic acids is 1. The van der Waals surface area contributed by atoms with E-state index in [1.807, 2.05) is 6.92 Å². The predicted octanol–water partition coefficient (Wildman–Crippen LogP) is 2.82. The van der Waals surface area contributed by atoms with Crippen LogP contribution in [-0.2, 0) is 10.4 Å². The lowest BCUT2D eigenvalue weighted by Gasteiger charge is -2.18. The number of halogens is 1. The SMILES string of the molecule is CC1=N/C(Cl)=C\C(=Nc2cccc(C(C)(C)O)n2)C(C(N)=O)CC1. The molecule has 1 aliphatic rings. The van der Waals surface area contributed by atoms with Crippen LogP contribution in [0.3, 0.4) is 0 Å². The Bertz CT molecular complexity index is 732. The van der Waals surface area contributed by atoms with E-state index in [1.165, 1.54) is 6.08 Å². The van der Waals surface area contributed by atoms with Crippen molar-refractivity contribution in [3.05, 3.63) is 35.1 Å². The van der Waals surface area contributed by atoms with Crippen LogP contribution in [0.1, 0.15) is 39.3 Å². The highest BCUT2D eigenvalue weighted by Crippen LogP contribution is 2.23. The molecule has 6 nitrogen and oxygen atoms in total. The summed E-state index contributed by atoms with van der Waals surface area (Å²) in [6, 6.07) is 5.15. The number of amides is 1. The number of aromatic nitrogens is 1. The molecule has 0 fully saturated rings. The quantitative estimate of drug-likeness (QED) is 0.821. The van der Waals surface area contributed by atoms with E-state index < -0.39 is 17.4 Å². The van der Waals surface area contributed by atoms with Crippen LogP contribution >= 0.6 is 11.6 Å². The number of carbonyl (C=O) groups is 1. The van der Waals surface area contributed by atoms with Crippen molar-refractivity contribution < 1.29 is 9.90 Å². The average molecular weight is 349 g/mol. The number of aliphatic hydroxyl groups is 1. The number of hydrogen-bond acceptors (Lipinski definition) is 5. The minimum absolute atomic E-state index is 0.246. The van der Waals surface area contributed by atoms with Crippen LogP contribution in [-0.4, -0.2) is 27.4 Å². The first-order valence-corrected chi connectivity index (χ1v) is 8.04. The Hall–Kier alpha value is -2.05. The smallest absolute Gasteiger partial charge is 0.226 e. The van der Waals surface area contributed by atoms with Crippen LogP contribution in [0.25, 0.3) is 0 Å². The van der Waals surface area contributed by atoms with Crippen molar-refractivity contribution in [2.24, 2.45) is 21.6 Å². The third kappa shape index (κ3) is 4.72. The molecule has 0 bridgehead atoms. The minimum atomic E-state index is -1.09. The molecule has 0 spiro atoms. The summed E-state index contributed by atoms with van der Waals surface area (Å²) in [6.07, 6.45) is 2.65. The molecule has 1 aromatic rings. The molecule has 24 heavy (non-hydrogen) atoms. The van der Waals surface area contributed by atoms with E-state index in [4.69, 9.17) is 17.3 Å². The summed E-state index contributed by atoms with van der Waals surface area (Å²) in [5, 5.41) is 10.3. The highest BCUT2D eigenvalue weighted by atomic mass is 35.5. The maximum atomic E-state index is 11.8. The average Bonchev–Trinajstić information content (AvgIpc) is 2.44. The first kappa shape index (κ1) is 18.3. The third-order valence-electron chi connectivity index (χ3n) is 3.66. The van der Waals surface area contributed by atoms with Crippen molar-refractivity contribution in [2.45, 2.75) is 39.2 Å². The van der Waals surface area contributed by atoms with E-state index in [2.05, 4.69) is 15.0 Å². The van der Waals surface area contributed by atoms with Gasteiger partial charge in [-0.3, -0.25) is 4.79 Å². The van der Waals surface area contributed by atoms with Crippen LogP contribution in [0.2, 0.25) is 0 Å². The lowest BCUT2D eigenvalue weighted by atomic mass is 9.94. The summed E-state index contributed by atoms with van der Waals surface area (Å²) in [7, 11) is 0. The van der Waals surface area contributed by atoms with E-state index in [0.29, 0.717) is 30.1 Å². The molecule has 7 heteroatoms. The van der Waals surface area contributed by atoms with Crippen LogP contribution in [0.5, 0.6) is 0 Å². The molecule has 1 aliphatic heterocycles. The molecule has 0 saturated heterocycles. The van der Waals surface area contributed by atoms with Gasteiger partial charge in [0, 0.05) is 5.71 Å². The molecule has 0 radical (unpaired) electrons. The number of aliphatic imine (C=N–C) groups is 2. The zero-order valence-electron chi connectivity index (χ0n) is 14.0. The van der Waals surface area contributed by atoms with Crippen molar-refractivity contribution in [3.63, 3.8) is 0 Å². The first-order valence-electron chi connectivity index (χ1n) is 7.66. The fraction of sp³-hybridized carbons (Fsp3) is 0.412. The Kier molecular flexibility index (Phi) is 5.51. The normalized spacial score (nSPS) is 23.0. The van der Waals surface area contributed by atoms with Crippen LogP contribution in [0, 0.1) is 5.92 Å². The lowest BCUT2D eigenvalue weighted by molar-refractivity contribution is -0.119. The zero-order chi connectivity index (χ0) is 17.9. The van der Waals surface area contributed by atoms with Gasteiger partial charge in [-0.15, -0.1) is 0 Å². The summed E-state index contributed by atoms with van der Waals surface area (Å²) in [6.45, 7) is 5.13. The fourth-order valence-electron chi connectivity index (χ4n) is 2.35. The van der Waals surface area contributed by atoms with Crippen molar-refractivity contribution in [1.29, 1.82) is 0 Å². The molecule has 2 rings (SSSR count). The second-order valence-corrected chi connectivity index (χ2v) is 6.67. The molecule has 0 aliphatic carbocycles. The summed E-state index contributed by atoms with van der Waals surface area (Å²) in [4.78, 5) is 24.8. The standard InChI is InChI=1S/C17H21ClN4O2/c1-10-7-8-11(16(19)23)12(9-14(18)20-10)21-15-6-4-5-13(22-15)17(2,3)24/h4-6,9,11,24H,7-8H2,1-3H3,(H2,19,23)/b14-9-,20-10?,21-12?. The van der Waals surface area contributed by atoms with Gasteiger partial charge < -0.3 is 10.8 Å². The van der Waals surface area contributed by atoms with E-state index in [0.717, 1.165) is 5.71 Å². The third-order valence-corrected chi connectivity index (χ3v) is 3.86. The van der Waals surface area contributed by atoms with E-state index in [9.17, 15) is 9.90 Å². The van der Waals surface area contributed by atoms with Gasteiger partial charge in [-0.05, 0) is 51.8 Å². The highest BCUT2D eigenvalue weighted by molar-refractivity contribution is 6.32. The molecule has 1 amide bonds. The van der Waals surface area contributed by atoms with Gasteiger partial charge in [0.2, 0.25) is 5.91 Å². The van der Waals surface area contributed by atoms with E-state index in [-0.39, 0.29) is 5.16 Å². The molecule has 1 unspecified atom stereocenters. The monoisotopic (exact) mass is 348 g/mol. The van der Waals surface area contributed by atoms with Gasteiger partial charge in [-0.25, -0.2) is 15.0 Å². The van der Waals surface area contributed by atoms with Gasteiger partial charge in [0.05, 0.1) is 17.3 Å². The summed E-state index contributed by atoms with van der Waals surface area (Å²) in [5.41, 5.74) is 6.18. The Morgan fingerprint density at radius 1 is 1.46 bits per heavy atom. The molecular weight excluding hydrogens is 328 g/mol. The number of primary amides is 1. The maximum Gasteiger partial charge on any atom is 0.226 e. The number of rotatable bonds is 3. The number of nitrogens with zero attached hydrogens (tertiary/aromatic N) is 3. The number of allylic oxidation sites excluding steroid dienone is 1. The molecule has 0 saturated carbocycles. The number of hydrogen-bond donors (Lipinski definition) is 2. The minimum Gasteiger partial charge on any atom is -0.384 e. The van der Waals surface area contributed by atoms with Gasteiger partial charge in [-0.1, -0.05) is 17.7 Å². The van der Waals surface area contributed by atoms with Gasteiger partial charge >= 0.3 is 0 Å². The maximum absolute atomic E-state index is 11.8. The topological polar surface area (TPSA) is 101 Å². The number of nitrogens with two attached hydrogens (primary N) is 1. The van der Waals surface area contributed by atoms with Crippen LogP contribution in [0.15, 0.2) is 39.4 Å². The Morgan fingerprint density at radius 3 is 2.79 bits per heavy atom. The van der Waals surface area contributed by atoms with E-state index >= 15 is 0 Å². The van der Waals surface area contributed by atoms with Gasteiger partial charge in [-0.2, -0.15) is 0 Å². The van der Waals surface area contributed by atoms with Crippen LogP contribution in [0.4, 0.5) is 5.82 Å². The molecule has 1 aromatic heterocycles. The van der Waals surface area contributed by atoms with E-state index in [1.54, 1.807) is 32.0 Å². The Balaban J connectivity index is 2.50. The van der Waals surface area contributed by atoms with Gasteiger partial charge in [0.1, 0.15) is 10.8 Å². The first-order chi connectivity index (χ1) is 11.2. The molecule has 128 valence electrons.